The van der Waals surface area contributed by atoms with E-state index in [-0.39, 0.29) is 12.4 Å². The van der Waals surface area contributed by atoms with Gasteiger partial charge in [0.1, 0.15) is 0 Å². The zero-order valence-corrected chi connectivity index (χ0v) is 9.71. The molecule has 1 aromatic carbocycles. The van der Waals surface area contributed by atoms with Gasteiger partial charge >= 0.3 is 0 Å². The predicted octanol–water partition coefficient (Wildman–Crippen LogP) is 2.89. The van der Waals surface area contributed by atoms with Crippen LogP contribution >= 0.6 is 24.0 Å². The summed E-state index contributed by atoms with van der Waals surface area (Å²) < 4.78 is 0. The van der Waals surface area contributed by atoms with Crippen LogP contribution in [0.2, 0.25) is 5.02 Å². The molecule has 0 saturated carbocycles. The highest BCUT2D eigenvalue weighted by atomic mass is 35.5. The third-order valence-corrected chi connectivity index (χ3v) is 3.05. The number of nitrogens with one attached hydrogen (secondary N) is 2. The van der Waals surface area contributed by atoms with E-state index >= 15 is 0 Å². The minimum atomic E-state index is 0. The SMILES string of the molecule is Cl.Clc1ccc2[nH]c3c(c2c1)CNCC3. The Hall–Kier alpha value is -0.700. The van der Waals surface area contributed by atoms with Gasteiger partial charge in [-0.3, -0.25) is 0 Å². The predicted molar refractivity (Wildman–Crippen MR) is 66.0 cm³/mol. The standard InChI is InChI=1S/C11H11ClN2.ClH/c12-7-1-2-10-8(5-7)9-6-13-4-3-11(9)14-10;/h1-2,5,13-14H,3-4,6H2;1H. The molecule has 4 heteroatoms. The molecular weight excluding hydrogens is 231 g/mol. The van der Waals surface area contributed by atoms with Crippen LogP contribution in [0.25, 0.3) is 10.9 Å². The van der Waals surface area contributed by atoms with Crippen molar-refractivity contribution in [2.24, 2.45) is 0 Å². The van der Waals surface area contributed by atoms with Crippen molar-refractivity contribution < 1.29 is 0 Å². The van der Waals surface area contributed by atoms with Crippen molar-refractivity contribution in [2.75, 3.05) is 6.54 Å². The Balaban J connectivity index is 0.000000853. The van der Waals surface area contributed by atoms with Gasteiger partial charge in [0, 0.05) is 41.1 Å². The normalized spacial score (nSPS) is 14.7. The molecule has 80 valence electrons. The van der Waals surface area contributed by atoms with E-state index in [1.54, 1.807) is 0 Å². The lowest BCUT2D eigenvalue weighted by molar-refractivity contribution is 0.641. The zero-order chi connectivity index (χ0) is 9.54. The smallest absolute Gasteiger partial charge is 0.0460 e. The first-order valence-corrected chi connectivity index (χ1v) is 5.22. The minimum absolute atomic E-state index is 0. The van der Waals surface area contributed by atoms with Gasteiger partial charge in [0.05, 0.1) is 0 Å². The van der Waals surface area contributed by atoms with Gasteiger partial charge in [-0.25, -0.2) is 0 Å². The van der Waals surface area contributed by atoms with Gasteiger partial charge in [0.15, 0.2) is 0 Å². The van der Waals surface area contributed by atoms with Crippen LogP contribution in [0.1, 0.15) is 11.3 Å². The average Bonchev–Trinajstić information content (AvgIpc) is 2.56. The quantitative estimate of drug-likeness (QED) is 0.731. The second kappa shape index (κ2) is 4.05. The summed E-state index contributed by atoms with van der Waals surface area (Å²) in [7, 11) is 0. The van der Waals surface area contributed by atoms with E-state index in [2.05, 4.69) is 16.4 Å². The van der Waals surface area contributed by atoms with Crippen LogP contribution in [-0.4, -0.2) is 11.5 Å². The fourth-order valence-corrected chi connectivity index (χ4v) is 2.29. The van der Waals surface area contributed by atoms with E-state index in [9.17, 15) is 0 Å². The highest BCUT2D eigenvalue weighted by Gasteiger charge is 2.14. The molecule has 3 rings (SSSR count). The van der Waals surface area contributed by atoms with Crippen LogP contribution in [0.4, 0.5) is 0 Å². The maximum Gasteiger partial charge on any atom is 0.0460 e. The summed E-state index contributed by atoms with van der Waals surface area (Å²) in [6.45, 7) is 2.02. The van der Waals surface area contributed by atoms with E-state index in [4.69, 9.17) is 11.6 Å². The maximum atomic E-state index is 5.98. The monoisotopic (exact) mass is 242 g/mol. The molecule has 0 unspecified atom stereocenters. The lowest BCUT2D eigenvalue weighted by Gasteiger charge is -2.12. The average molecular weight is 243 g/mol. The molecule has 2 aromatic rings. The Morgan fingerprint density at radius 2 is 2.13 bits per heavy atom. The zero-order valence-electron chi connectivity index (χ0n) is 8.14. The largest absolute Gasteiger partial charge is 0.358 e. The number of rotatable bonds is 0. The summed E-state index contributed by atoms with van der Waals surface area (Å²) in [4.78, 5) is 3.44. The molecule has 0 saturated heterocycles. The number of H-pyrrole nitrogens is 1. The molecule has 0 radical (unpaired) electrons. The second-order valence-corrected chi connectivity index (χ2v) is 4.14. The van der Waals surface area contributed by atoms with Crippen molar-refractivity contribution in [2.45, 2.75) is 13.0 Å². The molecule has 2 heterocycles. The highest BCUT2D eigenvalue weighted by molar-refractivity contribution is 6.31. The summed E-state index contributed by atoms with van der Waals surface area (Å²) >= 11 is 5.98. The van der Waals surface area contributed by atoms with E-state index in [1.165, 1.54) is 22.2 Å². The van der Waals surface area contributed by atoms with Crippen molar-refractivity contribution in [3.63, 3.8) is 0 Å². The Kier molecular flexibility index (Phi) is 2.91. The third kappa shape index (κ3) is 1.73. The number of aromatic amines is 1. The molecule has 2 nitrogen and oxygen atoms in total. The van der Waals surface area contributed by atoms with E-state index in [0.717, 1.165) is 24.5 Å². The molecular formula is C11H12Cl2N2. The Bertz CT molecular complexity index is 491. The molecule has 0 fully saturated rings. The molecule has 0 aliphatic carbocycles. The fourth-order valence-electron chi connectivity index (χ4n) is 2.12. The van der Waals surface area contributed by atoms with Crippen molar-refractivity contribution in [3.05, 3.63) is 34.5 Å². The minimum Gasteiger partial charge on any atom is -0.358 e. The molecule has 0 amide bonds. The summed E-state index contributed by atoms with van der Waals surface area (Å²) in [6, 6.07) is 6.02. The topological polar surface area (TPSA) is 27.8 Å². The molecule has 0 bridgehead atoms. The summed E-state index contributed by atoms with van der Waals surface area (Å²) in [6.07, 6.45) is 1.08. The molecule has 1 aliphatic heterocycles. The second-order valence-electron chi connectivity index (χ2n) is 3.70. The molecule has 15 heavy (non-hydrogen) atoms. The summed E-state index contributed by atoms with van der Waals surface area (Å²) in [5, 5.41) is 5.45. The Morgan fingerprint density at radius 3 is 3.00 bits per heavy atom. The van der Waals surface area contributed by atoms with Gasteiger partial charge < -0.3 is 10.3 Å². The third-order valence-electron chi connectivity index (χ3n) is 2.81. The number of benzene rings is 1. The number of hydrogen-bond donors (Lipinski definition) is 2. The van der Waals surface area contributed by atoms with Gasteiger partial charge in [-0.05, 0) is 23.8 Å². The number of aromatic nitrogens is 1. The highest BCUT2D eigenvalue weighted by Crippen LogP contribution is 2.27. The summed E-state index contributed by atoms with van der Waals surface area (Å²) in [5.74, 6) is 0. The fraction of sp³-hybridized carbons (Fsp3) is 0.273. The molecule has 2 N–H and O–H groups in total. The first kappa shape index (κ1) is 10.8. The van der Waals surface area contributed by atoms with Gasteiger partial charge in [-0.1, -0.05) is 11.6 Å². The Morgan fingerprint density at radius 1 is 1.27 bits per heavy atom. The van der Waals surface area contributed by atoms with Gasteiger partial charge in [0.2, 0.25) is 0 Å². The number of halogens is 2. The van der Waals surface area contributed by atoms with Crippen LogP contribution < -0.4 is 5.32 Å². The van der Waals surface area contributed by atoms with E-state index < -0.39 is 0 Å². The van der Waals surface area contributed by atoms with E-state index in [1.807, 2.05) is 12.1 Å². The van der Waals surface area contributed by atoms with Crippen molar-refractivity contribution >= 4 is 34.9 Å². The van der Waals surface area contributed by atoms with Crippen molar-refractivity contribution in [1.82, 2.24) is 10.3 Å². The molecule has 1 aromatic heterocycles. The van der Waals surface area contributed by atoms with Crippen molar-refractivity contribution in [1.29, 1.82) is 0 Å². The van der Waals surface area contributed by atoms with Crippen molar-refractivity contribution in [3.8, 4) is 0 Å². The van der Waals surface area contributed by atoms with Crippen LogP contribution in [0, 0.1) is 0 Å². The first-order valence-electron chi connectivity index (χ1n) is 4.84. The number of hydrogen-bond acceptors (Lipinski definition) is 1. The lowest BCUT2D eigenvalue weighted by atomic mass is 10.1. The molecule has 1 aliphatic rings. The molecule has 0 atom stereocenters. The molecule has 0 spiro atoms. The van der Waals surface area contributed by atoms with Crippen LogP contribution in [-0.2, 0) is 13.0 Å². The maximum absolute atomic E-state index is 5.98. The van der Waals surface area contributed by atoms with Gasteiger partial charge in [-0.15, -0.1) is 12.4 Å². The first-order chi connectivity index (χ1) is 6.84. The van der Waals surface area contributed by atoms with E-state index in [0.29, 0.717) is 0 Å². The lowest BCUT2D eigenvalue weighted by Crippen LogP contribution is -2.22. The number of fused-ring (bicyclic) bond motifs is 3. The van der Waals surface area contributed by atoms with Gasteiger partial charge in [0.25, 0.3) is 0 Å². The Labute approximate surface area is 99.4 Å². The van der Waals surface area contributed by atoms with Crippen LogP contribution in [0.3, 0.4) is 0 Å². The summed E-state index contributed by atoms with van der Waals surface area (Å²) in [5.41, 5.74) is 3.94. The van der Waals surface area contributed by atoms with Crippen LogP contribution in [0.15, 0.2) is 18.2 Å². The van der Waals surface area contributed by atoms with Gasteiger partial charge in [-0.2, -0.15) is 0 Å². The van der Waals surface area contributed by atoms with Crippen LogP contribution in [0.5, 0.6) is 0 Å².